The van der Waals surface area contributed by atoms with Gasteiger partial charge in [0, 0.05) is 11.3 Å². The van der Waals surface area contributed by atoms with E-state index in [0.717, 1.165) is 45.3 Å². The molecule has 0 saturated carbocycles. The molecule has 0 saturated heterocycles. The number of nitrogens with one attached hydrogen (secondary N) is 1. The summed E-state index contributed by atoms with van der Waals surface area (Å²) in [4.78, 5) is 17.4. The van der Waals surface area contributed by atoms with Gasteiger partial charge in [-0.05, 0) is 55.8 Å². The number of fused-ring (bicyclic) bond motifs is 3. The average Bonchev–Trinajstić information content (AvgIpc) is 3.11. The number of rotatable bonds is 4. The van der Waals surface area contributed by atoms with Gasteiger partial charge in [0.15, 0.2) is 5.78 Å². The van der Waals surface area contributed by atoms with Gasteiger partial charge in [-0.15, -0.1) is 0 Å². The molecule has 5 heteroatoms. The Morgan fingerprint density at radius 3 is 2.50 bits per heavy atom. The minimum Gasteiger partial charge on any atom is -0.457 e. The van der Waals surface area contributed by atoms with Gasteiger partial charge in [0.05, 0.1) is 17.1 Å². The number of nitrogens with zero attached hydrogens (tertiary/aromatic N) is 2. The summed E-state index contributed by atoms with van der Waals surface area (Å²) in [5.41, 5.74) is 4.39. The van der Waals surface area contributed by atoms with Gasteiger partial charge in [-0.3, -0.25) is 9.36 Å². The highest BCUT2D eigenvalue weighted by Crippen LogP contribution is 2.40. The Hall–Kier alpha value is -3.86. The molecular weight excluding hydrogens is 374 g/mol. The first-order valence-electron chi connectivity index (χ1n) is 9.90. The van der Waals surface area contributed by atoms with Crippen LogP contribution in [0.15, 0.2) is 90.1 Å². The van der Waals surface area contributed by atoms with E-state index in [0.29, 0.717) is 0 Å². The summed E-state index contributed by atoms with van der Waals surface area (Å²) < 4.78 is 8.15. The van der Waals surface area contributed by atoms with Crippen molar-refractivity contribution in [1.29, 1.82) is 0 Å². The molecule has 1 atom stereocenters. The fourth-order valence-electron chi connectivity index (χ4n) is 4.11. The Morgan fingerprint density at radius 1 is 0.967 bits per heavy atom. The highest BCUT2D eigenvalue weighted by molar-refractivity contribution is 5.97. The first kappa shape index (κ1) is 18.2. The Bertz CT molecular complexity index is 1290. The van der Waals surface area contributed by atoms with E-state index in [-0.39, 0.29) is 11.8 Å². The Kier molecular flexibility index (Phi) is 4.36. The molecule has 1 aliphatic heterocycles. The van der Waals surface area contributed by atoms with Crippen molar-refractivity contribution in [3.05, 3.63) is 95.7 Å². The van der Waals surface area contributed by atoms with E-state index < -0.39 is 0 Å². The van der Waals surface area contributed by atoms with E-state index in [1.807, 2.05) is 85.8 Å². The number of para-hydroxylation sites is 3. The van der Waals surface area contributed by atoms with Gasteiger partial charge in [0.2, 0.25) is 5.95 Å². The van der Waals surface area contributed by atoms with Gasteiger partial charge in [0.25, 0.3) is 0 Å². The first-order valence-corrected chi connectivity index (χ1v) is 9.90. The van der Waals surface area contributed by atoms with Gasteiger partial charge >= 0.3 is 0 Å². The number of Topliss-reactive ketones (excluding diaryl/α,β-unsaturated/α-hetero) is 1. The number of hydrogen-bond donors (Lipinski definition) is 1. The second-order valence-corrected chi connectivity index (χ2v) is 7.40. The summed E-state index contributed by atoms with van der Waals surface area (Å²) in [6.45, 7) is 3.54. The average molecular weight is 395 g/mol. The topological polar surface area (TPSA) is 56.2 Å². The Morgan fingerprint density at radius 2 is 1.70 bits per heavy atom. The van der Waals surface area contributed by atoms with Crippen LogP contribution in [-0.4, -0.2) is 15.3 Å². The number of ketones is 1. The number of carbonyl (C=O) groups is 1. The Labute approximate surface area is 174 Å². The molecule has 0 aliphatic carbocycles. The highest BCUT2D eigenvalue weighted by Gasteiger charge is 2.32. The van der Waals surface area contributed by atoms with Crippen LogP contribution >= 0.6 is 0 Å². The Balaban J connectivity index is 1.67. The fraction of sp³-hybridized carbons (Fsp3) is 0.120. The predicted octanol–water partition coefficient (Wildman–Crippen LogP) is 5.71. The number of hydrogen-bond acceptors (Lipinski definition) is 4. The summed E-state index contributed by atoms with van der Waals surface area (Å²) in [6, 6.07) is 25.3. The molecule has 0 spiro atoms. The lowest BCUT2D eigenvalue weighted by atomic mass is 9.92. The number of imidazole rings is 1. The number of anilines is 1. The molecule has 148 valence electrons. The molecule has 0 unspecified atom stereocenters. The lowest BCUT2D eigenvalue weighted by Crippen LogP contribution is -2.27. The minimum absolute atomic E-state index is 0.0304. The smallest absolute Gasteiger partial charge is 0.209 e. The zero-order valence-electron chi connectivity index (χ0n) is 16.8. The standard InChI is InChI=1S/C25H21N3O2/c1-16-23(17(2)29)24(28-22-14-7-6-13-21(22)27-25(28)26-16)18-9-8-12-20(15-18)30-19-10-4-3-5-11-19/h3-15,24H,1-2H3,(H,26,27)/t24-/m0/s1. The van der Waals surface area contributed by atoms with Crippen LogP contribution in [0.2, 0.25) is 0 Å². The van der Waals surface area contributed by atoms with E-state index in [9.17, 15) is 4.79 Å². The van der Waals surface area contributed by atoms with E-state index >= 15 is 0 Å². The molecule has 3 aromatic carbocycles. The maximum atomic E-state index is 12.7. The predicted molar refractivity (Wildman–Crippen MR) is 118 cm³/mol. The van der Waals surface area contributed by atoms with Crippen LogP contribution in [-0.2, 0) is 4.79 Å². The molecule has 1 aromatic heterocycles. The summed E-state index contributed by atoms with van der Waals surface area (Å²) in [6.07, 6.45) is 0. The van der Waals surface area contributed by atoms with Crippen molar-refractivity contribution >= 4 is 22.8 Å². The second-order valence-electron chi connectivity index (χ2n) is 7.40. The van der Waals surface area contributed by atoms with Crippen molar-refractivity contribution < 1.29 is 9.53 Å². The number of benzene rings is 3. The van der Waals surface area contributed by atoms with Crippen molar-refractivity contribution in [2.75, 3.05) is 5.32 Å². The molecule has 5 nitrogen and oxygen atoms in total. The van der Waals surface area contributed by atoms with Crippen molar-refractivity contribution in [2.24, 2.45) is 0 Å². The van der Waals surface area contributed by atoms with Crippen LogP contribution in [0.25, 0.3) is 11.0 Å². The van der Waals surface area contributed by atoms with Crippen LogP contribution in [0.1, 0.15) is 25.5 Å². The largest absolute Gasteiger partial charge is 0.457 e. The van der Waals surface area contributed by atoms with Gasteiger partial charge < -0.3 is 10.1 Å². The number of ether oxygens (including phenoxy) is 1. The number of aromatic nitrogens is 2. The summed E-state index contributed by atoms with van der Waals surface area (Å²) in [5.74, 6) is 2.26. The quantitative estimate of drug-likeness (QED) is 0.481. The molecule has 0 radical (unpaired) electrons. The highest BCUT2D eigenvalue weighted by atomic mass is 16.5. The molecule has 2 heterocycles. The van der Waals surface area contributed by atoms with Crippen molar-refractivity contribution in [3.8, 4) is 11.5 Å². The molecule has 0 amide bonds. The van der Waals surface area contributed by atoms with Crippen LogP contribution < -0.4 is 10.1 Å². The van der Waals surface area contributed by atoms with E-state index in [1.165, 1.54) is 0 Å². The van der Waals surface area contributed by atoms with Crippen LogP contribution in [0.4, 0.5) is 5.95 Å². The molecule has 5 rings (SSSR count). The first-order chi connectivity index (χ1) is 14.6. The minimum atomic E-state index is -0.287. The van der Waals surface area contributed by atoms with Gasteiger partial charge in [-0.2, -0.15) is 0 Å². The normalized spacial score (nSPS) is 15.6. The maximum Gasteiger partial charge on any atom is 0.209 e. The maximum absolute atomic E-state index is 12.7. The van der Waals surface area contributed by atoms with Crippen molar-refractivity contribution in [1.82, 2.24) is 9.55 Å². The van der Waals surface area contributed by atoms with Crippen molar-refractivity contribution in [2.45, 2.75) is 19.9 Å². The van der Waals surface area contributed by atoms with Crippen LogP contribution in [0.3, 0.4) is 0 Å². The molecular formula is C25H21N3O2. The molecule has 30 heavy (non-hydrogen) atoms. The molecule has 1 aliphatic rings. The monoisotopic (exact) mass is 395 g/mol. The second kappa shape index (κ2) is 7.19. The fourth-order valence-corrected chi connectivity index (χ4v) is 4.11. The van der Waals surface area contributed by atoms with E-state index in [1.54, 1.807) is 6.92 Å². The summed E-state index contributed by atoms with van der Waals surface area (Å²) in [5, 5.41) is 3.31. The number of allylic oxidation sites excluding steroid dienone is 2. The summed E-state index contributed by atoms with van der Waals surface area (Å²) in [7, 11) is 0. The molecule has 0 fully saturated rings. The van der Waals surface area contributed by atoms with E-state index in [2.05, 4.69) is 9.88 Å². The number of carbonyl (C=O) groups excluding carboxylic acids is 1. The van der Waals surface area contributed by atoms with Gasteiger partial charge in [-0.25, -0.2) is 4.98 Å². The van der Waals surface area contributed by atoms with E-state index in [4.69, 9.17) is 9.72 Å². The third-order valence-corrected chi connectivity index (χ3v) is 5.36. The zero-order valence-corrected chi connectivity index (χ0v) is 16.8. The lowest BCUT2D eigenvalue weighted by Gasteiger charge is -2.30. The van der Waals surface area contributed by atoms with Crippen LogP contribution in [0, 0.1) is 0 Å². The lowest BCUT2D eigenvalue weighted by molar-refractivity contribution is -0.114. The van der Waals surface area contributed by atoms with Crippen LogP contribution in [0.5, 0.6) is 11.5 Å². The molecule has 4 aromatic rings. The molecule has 1 N–H and O–H groups in total. The zero-order chi connectivity index (χ0) is 20.7. The SMILES string of the molecule is CC(=O)C1=C(C)Nc2nc3ccccc3n2[C@H]1c1cccc(Oc2ccccc2)c1. The third-order valence-electron chi connectivity index (χ3n) is 5.36. The van der Waals surface area contributed by atoms with Gasteiger partial charge in [-0.1, -0.05) is 42.5 Å². The van der Waals surface area contributed by atoms with Crippen molar-refractivity contribution in [3.63, 3.8) is 0 Å². The molecule has 0 bridgehead atoms. The third kappa shape index (κ3) is 3.05. The van der Waals surface area contributed by atoms with Gasteiger partial charge in [0.1, 0.15) is 11.5 Å². The summed E-state index contributed by atoms with van der Waals surface area (Å²) >= 11 is 0.